The van der Waals surface area contributed by atoms with E-state index in [0.717, 1.165) is 16.9 Å². The maximum atomic E-state index is 12.0. The molecule has 21 heavy (non-hydrogen) atoms. The van der Waals surface area contributed by atoms with Gasteiger partial charge in [0.15, 0.2) is 0 Å². The van der Waals surface area contributed by atoms with E-state index in [2.05, 4.69) is 10.3 Å². The van der Waals surface area contributed by atoms with Crippen LogP contribution in [0.1, 0.15) is 36.3 Å². The fourth-order valence-corrected chi connectivity index (χ4v) is 2.98. The van der Waals surface area contributed by atoms with Crippen molar-refractivity contribution in [2.45, 2.75) is 20.4 Å². The number of halogens is 1. The Morgan fingerprint density at radius 3 is 2.62 bits per heavy atom. The van der Waals surface area contributed by atoms with Gasteiger partial charge in [0.2, 0.25) is 0 Å². The van der Waals surface area contributed by atoms with Gasteiger partial charge < -0.3 is 10.4 Å². The van der Waals surface area contributed by atoms with Crippen LogP contribution in [0.25, 0.3) is 0 Å². The number of hydrogen-bond donors (Lipinski definition) is 2. The van der Waals surface area contributed by atoms with Crippen molar-refractivity contribution < 1.29 is 14.7 Å². The summed E-state index contributed by atoms with van der Waals surface area (Å²) in [5.74, 6) is -1.28. The lowest BCUT2D eigenvalue weighted by Crippen LogP contribution is -2.22. The van der Waals surface area contributed by atoms with Gasteiger partial charge in [0, 0.05) is 10.6 Å². The molecule has 0 fully saturated rings. The van der Waals surface area contributed by atoms with Crippen LogP contribution in [-0.2, 0) is 6.54 Å². The monoisotopic (exact) mass is 324 g/mol. The maximum absolute atomic E-state index is 12.0. The fraction of sp³-hybridized carbons (Fsp3) is 0.214. The zero-order valence-electron chi connectivity index (χ0n) is 11.4. The number of carbonyl (C=O) groups is 2. The van der Waals surface area contributed by atoms with Crippen molar-refractivity contribution in [3.8, 4) is 0 Å². The van der Waals surface area contributed by atoms with Crippen molar-refractivity contribution in [1.29, 1.82) is 0 Å². The van der Waals surface area contributed by atoms with E-state index in [1.54, 1.807) is 25.1 Å². The van der Waals surface area contributed by atoms with Crippen LogP contribution in [0.3, 0.4) is 0 Å². The van der Waals surface area contributed by atoms with E-state index in [1.807, 2.05) is 6.92 Å². The van der Waals surface area contributed by atoms with Gasteiger partial charge in [-0.1, -0.05) is 11.6 Å². The van der Waals surface area contributed by atoms with Crippen molar-refractivity contribution in [3.63, 3.8) is 0 Å². The Morgan fingerprint density at radius 1 is 1.33 bits per heavy atom. The summed E-state index contributed by atoms with van der Waals surface area (Å²) in [6, 6.07) is 5.08. The van der Waals surface area contributed by atoms with E-state index in [-0.39, 0.29) is 17.3 Å². The largest absolute Gasteiger partial charge is 0.477 e. The van der Waals surface area contributed by atoms with Gasteiger partial charge in [-0.05, 0) is 37.6 Å². The second kappa shape index (κ2) is 6.24. The zero-order chi connectivity index (χ0) is 15.6. The predicted molar refractivity (Wildman–Crippen MR) is 81.2 cm³/mol. The maximum Gasteiger partial charge on any atom is 0.347 e. The average molecular weight is 325 g/mol. The molecule has 1 aromatic heterocycles. The van der Waals surface area contributed by atoms with Crippen molar-refractivity contribution in [3.05, 3.63) is 49.9 Å². The van der Waals surface area contributed by atoms with Gasteiger partial charge in [-0.25, -0.2) is 9.78 Å². The highest BCUT2D eigenvalue weighted by atomic mass is 35.5. The molecule has 2 N–H and O–H groups in total. The first-order valence-corrected chi connectivity index (χ1v) is 7.31. The van der Waals surface area contributed by atoms with Crippen LogP contribution in [0.4, 0.5) is 0 Å². The number of aryl methyl sites for hydroxylation is 2. The molecule has 0 aliphatic rings. The van der Waals surface area contributed by atoms with E-state index in [9.17, 15) is 9.59 Å². The summed E-state index contributed by atoms with van der Waals surface area (Å²) in [4.78, 5) is 27.3. The van der Waals surface area contributed by atoms with E-state index >= 15 is 0 Å². The van der Waals surface area contributed by atoms with Gasteiger partial charge in [0.05, 0.1) is 12.2 Å². The molecule has 0 aliphatic heterocycles. The van der Waals surface area contributed by atoms with Crippen LogP contribution < -0.4 is 5.32 Å². The van der Waals surface area contributed by atoms with Crippen molar-refractivity contribution in [2.24, 2.45) is 0 Å². The number of benzene rings is 1. The third-order valence-corrected chi connectivity index (χ3v) is 4.10. The molecule has 7 heteroatoms. The van der Waals surface area contributed by atoms with Gasteiger partial charge in [-0.15, -0.1) is 11.3 Å². The number of thiazole rings is 1. The molecule has 5 nitrogen and oxygen atoms in total. The number of nitrogens with one attached hydrogen (secondary N) is 1. The number of aromatic nitrogens is 1. The molecular formula is C14H13ClN2O3S. The Morgan fingerprint density at radius 2 is 2.05 bits per heavy atom. The molecular weight excluding hydrogens is 312 g/mol. The average Bonchev–Trinajstić information content (AvgIpc) is 2.76. The Bertz CT molecular complexity index is 692. The first-order chi connectivity index (χ1) is 9.86. The van der Waals surface area contributed by atoms with E-state index < -0.39 is 5.97 Å². The number of carboxylic acid groups (broad SMARTS) is 1. The number of amides is 1. The molecule has 2 aromatic rings. The van der Waals surface area contributed by atoms with Crippen molar-refractivity contribution in [1.82, 2.24) is 10.3 Å². The lowest BCUT2D eigenvalue weighted by Gasteiger charge is -2.05. The summed E-state index contributed by atoms with van der Waals surface area (Å²) in [6.45, 7) is 3.67. The van der Waals surface area contributed by atoms with Gasteiger partial charge in [-0.3, -0.25) is 4.79 Å². The summed E-state index contributed by atoms with van der Waals surface area (Å²) in [5.41, 5.74) is 1.81. The molecule has 2 rings (SSSR count). The summed E-state index contributed by atoms with van der Waals surface area (Å²) in [5, 5.41) is 12.7. The standard InChI is InChI=1S/C14H13ClN2O3S/c1-7-3-9(5-10(15)4-7)13(18)16-6-11-17-8(2)12(21-11)14(19)20/h3-5H,6H2,1-2H3,(H,16,18)(H,19,20). The van der Waals surface area contributed by atoms with E-state index in [4.69, 9.17) is 16.7 Å². The highest BCUT2D eigenvalue weighted by Gasteiger charge is 2.14. The van der Waals surface area contributed by atoms with Crippen LogP contribution in [0.15, 0.2) is 18.2 Å². The first kappa shape index (κ1) is 15.5. The van der Waals surface area contributed by atoms with Gasteiger partial charge >= 0.3 is 5.97 Å². The van der Waals surface area contributed by atoms with Gasteiger partial charge in [0.25, 0.3) is 5.91 Å². The fourth-order valence-electron chi connectivity index (χ4n) is 1.85. The van der Waals surface area contributed by atoms with E-state index in [1.165, 1.54) is 0 Å². The topological polar surface area (TPSA) is 79.3 Å². The summed E-state index contributed by atoms with van der Waals surface area (Å²) >= 11 is 6.97. The van der Waals surface area contributed by atoms with Crippen LogP contribution in [-0.4, -0.2) is 22.0 Å². The quantitative estimate of drug-likeness (QED) is 0.906. The van der Waals surface area contributed by atoms with E-state index in [0.29, 0.717) is 21.3 Å². The number of hydrogen-bond acceptors (Lipinski definition) is 4. The Hall–Kier alpha value is -1.92. The minimum atomic E-state index is -1.01. The lowest BCUT2D eigenvalue weighted by molar-refractivity contribution is 0.0701. The number of rotatable bonds is 4. The van der Waals surface area contributed by atoms with Gasteiger partial charge in [-0.2, -0.15) is 0 Å². The molecule has 0 spiro atoms. The SMILES string of the molecule is Cc1cc(Cl)cc(C(=O)NCc2nc(C)c(C(=O)O)s2)c1. The molecule has 110 valence electrons. The van der Waals surface area contributed by atoms with Gasteiger partial charge in [0.1, 0.15) is 9.88 Å². The normalized spacial score (nSPS) is 10.4. The number of carboxylic acids is 1. The second-order valence-corrected chi connectivity index (χ2v) is 6.05. The molecule has 1 amide bonds. The van der Waals surface area contributed by atoms with Crippen LogP contribution in [0.5, 0.6) is 0 Å². The minimum absolute atomic E-state index is 0.184. The number of carbonyl (C=O) groups excluding carboxylic acids is 1. The van der Waals surface area contributed by atoms with Crippen molar-refractivity contribution in [2.75, 3.05) is 0 Å². The summed E-state index contributed by atoms with van der Waals surface area (Å²) < 4.78 is 0. The van der Waals surface area contributed by atoms with Crippen LogP contribution in [0, 0.1) is 13.8 Å². The summed E-state index contributed by atoms with van der Waals surface area (Å²) in [6.07, 6.45) is 0. The summed E-state index contributed by atoms with van der Waals surface area (Å²) in [7, 11) is 0. The minimum Gasteiger partial charge on any atom is -0.477 e. The molecule has 0 saturated heterocycles. The highest BCUT2D eigenvalue weighted by molar-refractivity contribution is 7.13. The molecule has 0 radical (unpaired) electrons. The Labute approximate surface area is 130 Å². The third kappa shape index (κ3) is 3.80. The first-order valence-electron chi connectivity index (χ1n) is 6.12. The van der Waals surface area contributed by atoms with Crippen LogP contribution in [0.2, 0.25) is 5.02 Å². The molecule has 1 heterocycles. The second-order valence-electron chi connectivity index (χ2n) is 4.53. The zero-order valence-corrected chi connectivity index (χ0v) is 13.0. The van der Waals surface area contributed by atoms with Crippen molar-refractivity contribution >= 4 is 34.8 Å². The molecule has 0 saturated carbocycles. The third-order valence-electron chi connectivity index (χ3n) is 2.74. The highest BCUT2D eigenvalue weighted by Crippen LogP contribution is 2.18. The number of nitrogens with zero attached hydrogens (tertiary/aromatic N) is 1. The Balaban J connectivity index is 2.07. The molecule has 1 aromatic carbocycles. The smallest absolute Gasteiger partial charge is 0.347 e. The molecule has 0 atom stereocenters. The van der Waals surface area contributed by atoms with Crippen LogP contribution >= 0.6 is 22.9 Å². The Kier molecular flexibility index (Phi) is 4.59. The molecule has 0 bridgehead atoms. The number of aromatic carboxylic acids is 1. The molecule has 0 unspecified atom stereocenters. The molecule has 0 aliphatic carbocycles. The predicted octanol–water partition coefficient (Wildman–Crippen LogP) is 3.04. The lowest BCUT2D eigenvalue weighted by atomic mass is 10.1.